The number of halogens is 2. The molecule has 0 amide bonds. The van der Waals surface area contributed by atoms with E-state index in [-0.39, 0.29) is 0 Å². The van der Waals surface area contributed by atoms with Gasteiger partial charge in [-0.25, -0.2) is 8.78 Å². The molecular weight excluding hydrogens is 248 g/mol. The molecule has 0 aliphatic rings. The zero-order valence-electron chi connectivity index (χ0n) is 11.1. The molecule has 1 heterocycles. The molecule has 0 atom stereocenters. The predicted molar refractivity (Wildman–Crippen MR) is 70.6 cm³/mol. The van der Waals surface area contributed by atoms with Crippen LogP contribution in [0.2, 0.25) is 0 Å². The van der Waals surface area contributed by atoms with Gasteiger partial charge in [0.25, 0.3) is 0 Å². The van der Waals surface area contributed by atoms with Gasteiger partial charge in [-0.15, -0.1) is 0 Å². The number of nitrogens with one attached hydrogen (secondary N) is 1. The minimum Gasteiger partial charge on any atom is -0.313 e. The van der Waals surface area contributed by atoms with E-state index in [0.29, 0.717) is 17.8 Å². The quantitative estimate of drug-likeness (QED) is 0.842. The summed E-state index contributed by atoms with van der Waals surface area (Å²) in [5.74, 6) is -1.69. The molecule has 0 saturated carbocycles. The third-order valence-corrected chi connectivity index (χ3v) is 2.84. The Morgan fingerprint density at radius 2 is 2.05 bits per heavy atom. The molecule has 0 radical (unpaired) electrons. The van der Waals surface area contributed by atoms with Gasteiger partial charge in [0.1, 0.15) is 0 Å². The molecule has 0 unspecified atom stereocenters. The van der Waals surface area contributed by atoms with E-state index in [4.69, 9.17) is 0 Å². The molecule has 102 valence electrons. The van der Waals surface area contributed by atoms with Crippen LogP contribution in [-0.2, 0) is 13.6 Å². The number of hydrogen-bond donors (Lipinski definition) is 1. The molecule has 1 N–H and O–H groups in total. The average molecular weight is 265 g/mol. The molecule has 5 heteroatoms. The molecule has 0 aliphatic heterocycles. The maximum absolute atomic E-state index is 13.3. The first-order chi connectivity index (χ1) is 9.11. The molecule has 1 aromatic heterocycles. The van der Waals surface area contributed by atoms with E-state index < -0.39 is 11.6 Å². The highest BCUT2D eigenvalue weighted by molar-refractivity contribution is 5.62. The predicted octanol–water partition coefficient (Wildman–Crippen LogP) is 2.86. The van der Waals surface area contributed by atoms with Crippen LogP contribution in [0.3, 0.4) is 0 Å². The largest absolute Gasteiger partial charge is 0.313 e. The zero-order valence-corrected chi connectivity index (χ0v) is 11.1. The Morgan fingerprint density at radius 1 is 1.26 bits per heavy atom. The van der Waals surface area contributed by atoms with Gasteiger partial charge >= 0.3 is 0 Å². The van der Waals surface area contributed by atoms with Gasteiger partial charge in [0, 0.05) is 30.9 Å². The molecule has 0 aliphatic carbocycles. The number of aromatic nitrogens is 2. The lowest BCUT2D eigenvalue weighted by molar-refractivity contribution is 0.509. The van der Waals surface area contributed by atoms with Crippen LogP contribution < -0.4 is 5.32 Å². The summed E-state index contributed by atoms with van der Waals surface area (Å²) in [6.07, 6.45) is 2.93. The van der Waals surface area contributed by atoms with Crippen LogP contribution in [0, 0.1) is 11.6 Å². The minimum atomic E-state index is -0.851. The van der Waals surface area contributed by atoms with Crippen LogP contribution in [0.25, 0.3) is 11.3 Å². The van der Waals surface area contributed by atoms with Crippen LogP contribution in [0.5, 0.6) is 0 Å². The van der Waals surface area contributed by atoms with Crippen molar-refractivity contribution >= 4 is 0 Å². The van der Waals surface area contributed by atoms with E-state index in [0.717, 1.165) is 24.6 Å². The van der Waals surface area contributed by atoms with E-state index in [9.17, 15) is 8.78 Å². The first-order valence-electron chi connectivity index (χ1n) is 6.30. The van der Waals surface area contributed by atoms with E-state index in [2.05, 4.69) is 17.3 Å². The first-order valence-corrected chi connectivity index (χ1v) is 6.30. The summed E-state index contributed by atoms with van der Waals surface area (Å²) < 4.78 is 27.9. The van der Waals surface area contributed by atoms with Gasteiger partial charge in [-0.3, -0.25) is 4.68 Å². The molecule has 0 bridgehead atoms. The van der Waals surface area contributed by atoms with Crippen molar-refractivity contribution in [2.24, 2.45) is 7.05 Å². The van der Waals surface area contributed by atoms with Crippen molar-refractivity contribution in [3.8, 4) is 11.3 Å². The van der Waals surface area contributed by atoms with Gasteiger partial charge in [-0.2, -0.15) is 5.10 Å². The van der Waals surface area contributed by atoms with Crippen molar-refractivity contribution in [3.63, 3.8) is 0 Å². The lowest BCUT2D eigenvalue weighted by Gasteiger charge is -2.04. The number of benzene rings is 1. The standard InChI is InChI=1S/C14H17F2N3/c1-3-6-17-8-11-9-19(2)18-14(11)10-4-5-12(15)13(16)7-10/h4-5,7,9,17H,3,6,8H2,1-2H3. The first kappa shape index (κ1) is 13.7. The fraction of sp³-hybridized carbons (Fsp3) is 0.357. The Labute approximate surface area is 111 Å². The summed E-state index contributed by atoms with van der Waals surface area (Å²) >= 11 is 0. The Bertz CT molecular complexity index is 564. The van der Waals surface area contributed by atoms with Gasteiger partial charge < -0.3 is 5.32 Å². The second-order valence-electron chi connectivity index (χ2n) is 4.48. The smallest absolute Gasteiger partial charge is 0.159 e. The average Bonchev–Trinajstić information content (AvgIpc) is 2.74. The zero-order chi connectivity index (χ0) is 13.8. The third-order valence-electron chi connectivity index (χ3n) is 2.84. The maximum atomic E-state index is 13.3. The summed E-state index contributed by atoms with van der Waals surface area (Å²) in [4.78, 5) is 0. The topological polar surface area (TPSA) is 29.9 Å². The minimum absolute atomic E-state index is 0.591. The Morgan fingerprint density at radius 3 is 2.74 bits per heavy atom. The summed E-state index contributed by atoms with van der Waals surface area (Å²) in [7, 11) is 1.81. The second-order valence-corrected chi connectivity index (χ2v) is 4.48. The third kappa shape index (κ3) is 3.17. The lowest BCUT2D eigenvalue weighted by atomic mass is 10.1. The van der Waals surface area contributed by atoms with Crippen molar-refractivity contribution in [2.45, 2.75) is 19.9 Å². The second kappa shape index (κ2) is 5.93. The number of rotatable bonds is 5. The van der Waals surface area contributed by atoms with Crippen molar-refractivity contribution in [1.29, 1.82) is 0 Å². The molecule has 19 heavy (non-hydrogen) atoms. The van der Waals surface area contributed by atoms with Crippen LogP contribution in [0.1, 0.15) is 18.9 Å². The summed E-state index contributed by atoms with van der Waals surface area (Å²) in [5.41, 5.74) is 2.25. The molecule has 2 rings (SSSR count). The monoisotopic (exact) mass is 265 g/mol. The fourth-order valence-corrected chi connectivity index (χ4v) is 1.95. The SMILES string of the molecule is CCCNCc1cn(C)nc1-c1ccc(F)c(F)c1. The van der Waals surface area contributed by atoms with Gasteiger partial charge in [0.05, 0.1) is 5.69 Å². The van der Waals surface area contributed by atoms with Gasteiger partial charge in [-0.1, -0.05) is 6.92 Å². The molecule has 0 fully saturated rings. The van der Waals surface area contributed by atoms with Crippen LogP contribution in [0.4, 0.5) is 8.78 Å². The van der Waals surface area contributed by atoms with E-state index in [1.54, 1.807) is 10.7 Å². The lowest BCUT2D eigenvalue weighted by Crippen LogP contribution is -2.13. The molecule has 3 nitrogen and oxygen atoms in total. The maximum Gasteiger partial charge on any atom is 0.159 e. The number of aryl methyl sites for hydroxylation is 1. The van der Waals surface area contributed by atoms with Gasteiger partial charge in [0.2, 0.25) is 0 Å². The van der Waals surface area contributed by atoms with Crippen molar-refractivity contribution < 1.29 is 8.78 Å². The van der Waals surface area contributed by atoms with Crippen molar-refractivity contribution in [3.05, 3.63) is 41.6 Å². The number of hydrogen-bond acceptors (Lipinski definition) is 2. The van der Waals surface area contributed by atoms with E-state index in [1.807, 2.05) is 13.2 Å². The van der Waals surface area contributed by atoms with Crippen molar-refractivity contribution in [2.75, 3.05) is 6.54 Å². The Kier molecular flexibility index (Phi) is 4.27. The highest BCUT2D eigenvalue weighted by Crippen LogP contribution is 2.23. The summed E-state index contributed by atoms with van der Waals surface area (Å²) in [5, 5.41) is 7.60. The van der Waals surface area contributed by atoms with E-state index in [1.165, 1.54) is 6.07 Å². The Hall–Kier alpha value is -1.75. The highest BCUT2D eigenvalue weighted by atomic mass is 19.2. The highest BCUT2D eigenvalue weighted by Gasteiger charge is 2.12. The van der Waals surface area contributed by atoms with Crippen LogP contribution in [0.15, 0.2) is 24.4 Å². The fourth-order valence-electron chi connectivity index (χ4n) is 1.95. The Balaban J connectivity index is 2.29. The molecule has 1 aromatic carbocycles. The van der Waals surface area contributed by atoms with E-state index >= 15 is 0 Å². The molecule has 0 saturated heterocycles. The normalized spacial score (nSPS) is 10.9. The summed E-state index contributed by atoms with van der Waals surface area (Å²) in [6, 6.07) is 3.85. The molecule has 0 spiro atoms. The van der Waals surface area contributed by atoms with Crippen LogP contribution in [-0.4, -0.2) is 16.3 Å². The van der Waals surface area contributed by atoms with Crippen LogP contribution >= 0.6 is 0 Å². The van der Waals surface area contributed by atoms with Gasteiger partial charge in [0.15, 0.2) is 11.6 Å². The van der Waals surface area contributed by atoms with Gasteiger partial charge in [-0.05, 0) is 31.2 Å². The van der Waals surface area contributed by atoms with Crippen molar-refractivity contribution in [1.82, 2.24) is 15.1 Å². The summed E-state index contributed by atoms with van der Waals surface area (Å²) in [6.45, 7) is 3.66. The number of nitrogens with zero attached hydrogens (tertiary/aromatic N) is 2. The molecule has 2 aromatic rings. The molecular formula is C14H17F2N3.